The number of rotatable bonds is 14. The van der Waals surface area contributed by atoms with E-state index in [1.54, 1.807) is 7.11 Å². The molecule has 27 heavy (non-hydrogen) atoms. The molecule has 1 N–H and O–H groups in total. The van der Waals surface area contributed by atoms with E-state index in [1.807, 2.05) is 30.3 Å². The van der Waals surface area contributed by atoms with Crippen molar-refractivity contribution in [2.24, 2.45) is 0 Å². The molecule has 2 rings (SSSR count). The van der Waals surface area contributed by atoms with Gasteiger partial charge in [0.05, 0.1) is 7.11 Å². The first-order valence-corrected chi connectivity index (χ1v) is 10.2. The largest absolute Gasteiger partial charge is 0.493 e. The second-order valence-corrected chi connectivity index (χ2v) is 6.75. The van der Waals surface area contributed by atoms with Crippen LogP contribution in [0.25, 0.3) is 0 Å². The number of hydrogen-bond acceptors (Lipinski definition) is 5. The highest BCUT2D eigenvalue weighted by Gasteiger charge is 2.06. The smallest absolute Gasteiger partial charge is 0.224 e. The first-order valence-electron chi connectivity index (χ1n) is 10.2. The van der Waals surface area contributed by atoms with Crippen LogP contribution in [0.4, 0.5) is 5.82 Å². The van der Waals surface area contributed by atoms with Gasteiger partial charge in [-0.2, -0.15) is 0 Å². The first kappa shape index (κ1) is 21.0. The van der Waals surface area contributed by atoms with E-state index in [9.17, 15) is 0 Å². The van der Waals surface area contributed by atoms with Crippen LogP contribution < -0.4 is 14.8 Å². The maximum atomic E-state index is 5.82. The summed E-state index contributed by atoms with van der Waals surface area (Å²) < 4.78 is 11.1. The van der Waals surface area contributed by atoms with Gasteiger partial charge in [-0.15, -0.1) is 0 Å². The summed E-state index contributed by atoms with van der Waals surface area (Å²) in [4.78, 5) is 8.45. The van der Waals surface area contributed by atoms with Crippen LogP contribution in [0.5, 0.6) is 17.4 Å². The first-order chi connectivity index (χ1) is 13.3. The predicted molar refractivity (Wildman–Crippen MR) is 111 cm³/mol. The molecule has 0 spiro atoms. The molecule has 0 saturated carbocycles. The van der Waals surface area contributed by atoms with Gasteiger partial charge in [-0.25, -0.2) is 9.97 Å². The van der Waals surface area contributed by atoms with Crippen molar-refractivity contribution in [3.8, 4) is 17.4 Å². The molecular weight excluding hydrogens is 338 g/mol. The van der Waals surface area contributed by atoms with E-state index < -0.39 is 0 Å². The Hall–Kier alpha value is -2.30. The van der Waals surface area contributed by atoms with Crippen molar-refractivity contribution < 1.29 is 9.47 Å². The summed E-state index contributed by atoms with van der Waals surface area (Å²) >= 11 is 0. The van der Waals surface area contributed by atoms with Gasteiger partial charge in [0, 0.05) is 12.6 Å². The van der Waals surface area contributed by atoms with Crippen LogP contribution in [0.1, 0.15) is 64.7 Å². The predicted octanol–water partition coefficient (Wildman–Crippen LogP) is 6.22. The number of methoxy groups -OCH3 is 1. The third kappa shape index (κ3) is 8.29. The fourth-order valence-electron chi connectivity index (χ4n) is 2.96. The zero-order valence-corrected chi connectivity index (χ0v) is 16.7. The molecule has 0 aliphatic rings. The number of unbranched alkanes of at least 4 members (excludes halogenated alkanes) is 8. The van der Waals surface area contributed by atoms with Crippen LogP contribution in [0.15, 0.2) is 36.7 Å². The quantitative estimate of drug-likeness (QED) is 0.399. The van der Waals surface area contributed by atoms with Crippen molar-refractivity contribution in [1.29, 1.82) is 0 Å². The molecule has 148 valence electrons. The molecule has 0 saturated heterocycles. The Morgan fingerprint density at radius 1 is 0.852 bits per heavy atom. The average molecular weight is 372 g/mol. The Morgan fingerprint density at radius 2 is 1.52 bits per heavy atom. The van der Waals surface area contributed by atoms with Gasteiger partial charge in [0.15, 0.2) is 11.5 Å². The number of hydrogen-bond donors (Lipinski definition) is 1. The van der Waals surface area contributed by atoms with Gasteiger partial charge in [-0.3, -0.25) is 0 Å². The van der Waals surface area contributed by atoms with Gasteiger partial charge in [-0.1, -0.05) is 70.4 Å². The summed E-state index contributed by atoms with van der Waals surface area (Å²) in [5, 5.41) is 3.36. The average Bonchev–Trinajstić information content (AvgIpc) is 2.70. The molecular formula is C22H33N3O2. The monoisotopic (exact) mass is 371 g/mol. The van der Waals surface area contributed by atoms with Crippen molar-refractivity contribution >= 4 is 5.82 Å². The van der Waals surface area contributed by atoms with Gasteiger partial charge in [0.2, 0.25) is 5.88 Å². The molecule has 0 bridgehead atoms. The molecule has 0 atom stereocenters. The van der Waals surface area contributed by atoms with Gasteiger partial charge >= 0.3 is 0 Å². The van der Waals surface area contributed by atoms with E-state index in [0.717, 1.165) is 18.8 Å². The summed E-state index contributed by atoms with van der Waals surface area (Å²) in [6.45, 7) is 3.18. The Balaban J connectivity index is 1.66. The molecule has 2 aromatic rings. The summed E-state index contributed by atoms with van der Waals surface area (Å²) in [7, 11) is 1.63. The van der Waals surface area contributed by atoms with Crippen LogP contribution in [0.2, 0.25) is 0 Å². The maximum absolute atomic E-state index is 5.82. The molecule has 0 fully saturated rings. The number of para-hydroxylation sites is 2. The van der Waals surface area contributed by atoms with Gasteiger partial charge in [-0.05, 0) is 18.6 Å². The standard InChI is InChI=1S/C22H33N3O2/c1-3-4-5-6-7-8-9-10-13-16-23-21-17-22(25-18-24-21)27-20-15-12-11-14-19(20)26-2/h11-12,14-15,17-18H,3-10,13,16H2,1-2H3,(H,23,24,25). The second-order valence-electron chi connectivity index (χ2n) is 6.75. The van der Waals surface area contributed by atoms with E-state index in [2.05, 4.69) is 22.2 Å². The Morgan fingerprint density at radius 3 is 2.22 bits per heavy atom. The molecule has 0 amide bonds. The lowest BCUT2D eigenvalue weighted by molar-refractivity contribution is 0.374. The van der Waals surface area contributed by atoms with E-state index in [4.69, 9.17) is 9.47 Å². The topological polar surface area (TPSA) is 56.3 Å². The van der Waals surface area contributed by atoms with Gasteiger partial charge in [0.25, 0.3) is 0 Å². The molecule has 1 aromatic heterocycles. The van der Waals surface area contributed by atoms with E-state index in [1.165, 1.54) is 57.7 Å². The number of nitrogens with one attached hydrogen (secondary N) is 1. The van der Waals surface area contributed by atoms with Crippen LogP contribution in [-0.4, -0.2) is 23.6 Å². The van der Waals surface area contributed by atoms with Crippen LogP contribution in [-0.2, 0) is 0 Å². The molecule has 0 radical (unpaired) electrons. The number of benzene rings is 1. The summed E-state index contributed by atoms with van der Waals surface area (Å²) in [5.41, 5.74) is 0. The third-order valence-corrected chi connectivity index (χ3v) is 4.51. The van der Waals surface area contributed by atoms with Gasteiger partial charge < -0.3 is 14.8 Å². The molecule has 5 nitrogen and oxygen atoms in total. The molecule has 0 unspecified atom stereocenters. The van der Waals surface area contributed by atoms with Crippen molar-refractivity contribution in [2.75, 3.05) is 19.0 Å². The number of aromatic nitrogens is 2. The van der Waals surface area contributed by atoms with E-state index in [0.29, 0.717) is 17.4 Å². The molecule has 5 heteroatoms. The summed E-state index contributed by atoms with van der Waals surface area (Å²) in [6.07, 6.45) is 13.5. The lowest BCUT2D eigenvalue weighted by Gasteiger charge is -2.10. The summed E-state index contributed by atoms with van der Waals surface area (Å²) in [6, 6.07) is 9.35. The maximum Gasteiger partial charge on any atom is 0.224 e. The number of ether oxygens (including phenoxy) is 2. The van der Waals surface area contributed by atoms with E-state index >= 15 is 0 Å². The SMILES string of the molecule is CCCCCCCCCCCNc1cc(Oc2ccccc2OC)ncn1. The summed E-state index contributed by atoms with van der Waals surface area (Å²) in [5.74, 6) is 2.61. The van der Waals surface area contributed by atoms with Gasteiger partial charge in [0.1, 0.15) is 12.1 Å². The van der Waals surface area contributed by atoms with Crippen molar-refractivity contribution in [3.63, 3.8) is 0 Å². The number of anilines is 1. The Bertz CT molecular complexity index is 649. The van der Waals surface area contributed by atoms with E-state index in [-0.39, 0.29) is 0 Å². The minimum atomic E-state index is 0.504. The molecule has 0 aliphatic heterocycles. The van der Waals surface area contributed by atoms with Crippen molar-refractivity contribution in [1.82, 2.24) is 9.97 Å². The Labute approximate surface area is 163 Å². The minimum Gasteiger partial charge on any atom is -0.493 e. The highest BCUT2D eigenvalue weighted by Crippen LogP contribution is 2.30. The number of nitrogens with zero attached hydrogens (tertiary/aromatic N) is 2. The van der Waals surface area contributed by atoms with Crippen molar-refractivity contribution in [2.45, 2.75) is 64.7 Å². The normalized spacial score (nSPS) is 10.6. The van der Waals surface area contributed by atoms with Crippen LogP contribution >= 0.6 is 0 Å². The van der Waals surface area contributed by atoms with Crippen LogP contribution in [0, 0.1) is 0 Å². The second kappa shape index (κ2) is 13.0. The van der Waals surface area contributed by atoms with Crippen LogP contribution in [0.3, 0.4) is 0 Å². The lowest BCUT2D eigenvalue weighted by Crippen LogP contribution is -2.04. The highest BCUT2D eigenvalue weighted by atomic mass is 16.5. The lowest BCUT2D eigenvalue weighted by atomic mass is 10.1. The third-order valence-electron chi connectivity index (χ3n) is 4.51. The molecule has 1 aromatic carbocycles. The Kier molecular flexibility index (Phi) is 10.1. The zero-order valence-electron chi connectivity index (χ0n) is 16.7. The highest BCUT2D eigenvalue weighted by molar-refractivity contribution is 5.43. The molecule has 0 aliphatic carbocycles. The fourth-order valence-corrected chi connectivity index (χ4v) is 2.96. The molecule has 1 heterocycles. The fraction of sp³-hybridized carbons (Fsp3) is 0.545. The van der Waals surface area contributed by atoms with Crippen molar-refractivity contribution in [3.05, 3.63) is 36.7 Å². The zero-order chi connectivity index (χ0) is 19.2. The minimum absolute atomic E-state index is 0.504.